The summed E-state index contributed by atoms with van der Waals surface area (Å²) in [6, 6.07) is 4.66. The van der Waals surface area contributed by atoms with Crippen molar-refractivity contribution in [2.75, 3.05) is 13.9 Å². The Bertz CT molecular complexity index is 1000. The summed E-state index contributed by atoms with van der Waals surface area (Å²) in [7, 11) is 1.09. The first-order chi connectivity index (χ1) is 15.2. The largest absolute Gasteiger partial charge is 0.468 e. The van der Waals surface area contributed by atoms with Crippen LogP contribution in [0.25, 0.3) is 0 Å². The van der Waals surface area contributed by atoms with E-state index in [1.54, 1.807) is 20.8 Å². The van der Waals surface area contributed by atoms with E-state index in [2.05, 4.69) is 4.99 Å². The van der Waals surface area contributed by atoms with E-state index >= 15 is 0 Å². The number of ether oxygens (including phenoxy) is 3. The maximum absolute atomic E-state index is 13.8. The van der Waals surface area contributed by atoms with E-state index in [1.165, 1.54) is 32.0 Å². The lowest BCUT2D eigenvalue weighted by molar-refractivity contribution is -0.171. The molecule has 0 amide bonds. The molecule has 33 heavy (non-hydrogen) atoms. The smallest absolute Gasteiger partial charge is 0.416 e. The molecule has 1 aromatic rings. The van der Waals surface area contributed by atoms with Crippen LogP contribution in [0.4, 0.5) is 13.2 Å². The molecule has 0 radical (unpaired) electrons. The van der Waals surface area contributed by atoms with Gasteiger partial charge in [0.25, 0.3) is 0 Å². The molecule has 0 spiro atoms. The first-order valence-electron chi connectivity index (χ1n) is 10.0. The molecule has 1 aliphatic heterocycles. The molecule has 1 heterocycles. The molecule has 2 rings (SSSR count). The van der Waals surface area contributed by atoms with Gasteiger partial charge in [0.05, 0.1) is 23.7 Å². The monoisotopic (exact) mass is 469 g/mol. The van der Waals surface area contributed by atoms with Crippen molar-refractivity contribution in [3.8, 4) is 0 Å². The van der Waals surface area contributed by atoms with Gasteiger partial charge in [0, 0.05) is 17.3 Å². The van der Waals surface area contributed by atoms with Crippen molar-refractivity contribution in [1.29, 1.82) is 0 Å². The zero-order valence-electron chi connectivity index (χ0n) is 19.2. The number of benzene rings is 1. The Morgan fingerprint density at radius 1 is 1.03 bits per heavy atom. The van der Waals surface area contributed by atoms with Gasteiger partial charge in [-0.3, -0.25) is 14.6 Å². The molecule has 2 atom stereocenters. The molecule has 0 saturated heterocycles. The number of hydrogen-bond donors (Lipinski definition) is 0. The molecule has 7 nitrogen and oxygen atoms in total. The fraction of sp³-hybridized carbons (Fsp3) is 0.478. The first-order valence-corrected chi connectivity index (χ1v) is 10.0. The Kier molecular flexibility index (Phi) is 7.72. The van der Waals surface area contributed by atoms with E-state index in [-0.39, 0.29) is 22.5 Å². The second kappa shape index (κ2) is 9.76. The predicted octanol–water partition coefficient (Wildman–Crippen LogP) is 4.42. The van der Waals surface area contributed by atoms with Crippen LogP contribution in [0.2, 0.25) is 0 Å². The fourth-order valence-corrected chi connectivity index (χ4v) is 3.53. The van der Waals surface area contributed by atoms with Gasteiger partial charge in [-0.05, 0) is 46.2 Å². The van der Waals surface area contributed by atoms with E-state index in [9.17, 15) is 27.6 Å². The van der Waals surface area contributed by atoms with Crippen molar-refractivity contribution in [2.45, 2.75) is 46.7 Å². The molecular formula is C23H26F3NO6. The summed E-state index contributed by atoms with van der Waals surface area (Å²) in [4.78, 5) is 41.7. The Hall–Kier alpha value is -3.17. The highest BCUT2D eigenvalue weighted by Crippen LogP contribution is 2.44. The number of allylic oxidation sites excluding steroid dienone is 1. The molecular weight excluding hydrogens is 443 g/mol. The minimum atomic E-state index is -4.75. The summed E-state index contributed by atoms with van der Waals surface area (Å²) >= 11 is 0. The minimum absolute atomic E-state index is 0.0850. The van der Waals surface area contributed by atoms with Crippen molar-refractivity contribution in [3.63, 3.8) is 0 Å². The first kappa shape index (κ1) is 26.1. The average molecular weight is 469 g/mol. The maximum Gasteiger partial charge on any atom is 0.416 e. The third-order valence-corrected chi connectivity index (χ3v) is 5.10. The second-order valence-electron chi connectivity index (χ2n) is 8.55. The molecule has 0 aliphatic carbocycles. The topological polar surface area (TPSA) is 91.3 Å². The Labute approximate surface area is 189 Å². The van der Waals surface area contributed by atoms with Crippen molar-refractivity contribution < 1.29 is 41.8 Å². The highest BCUT2D eigenvalue weighted by molar-refractivity contribution is 6.07. The lowest BCUT2D eigenvalue weighted by Gasteiger charge is -2.32. The summed E-state index contributed by atoms with van der Waals surface area (Å²) in [5, 5.41) is 0. The number of aliphatic imine (C=N–C) groups is 1. The highest BCUT2D eigenvalue weighted by atomic mass is 19.4. The summed E-state index contributed by atoms with van der Waals surface area (Å²) in [6.07, 6.45) is -4.75. The number of halogens is 3. The number of esters is 3. The maximum atomic E-state index is 13.8. The Balaban J connectivity index is 2.55. The molecule has 0 bridgehead atoms. The highest BCUT2D eigenvalue weighted by Gasteiger charge is 2.46. The van der Waals surface area contributed by atoms with Crippen LogP contribution in [0.3, 0.4) is 0 Å². The summed E-state index contributed by atoms with van der Waals surface area (Å²) in [6.45, 7) is 6.97. The zero-order valence-corrected chi connectivity index (χ0v) is 19.2. The van der Waals surface area contributed by atoms with Crippen LogP contribution in [0, 0.1) is 11.3 Å². The molecule has 10 heteroatoms. The molecule has 180 valence electrons. The van der Waals surface area contributed by atoms with Crippen molar-refractivity contribution in [2.24, 2.45) is 16.3 Å². The number of hydrogen-bond acceptors (Lipinski definition) is 7. The van der Waals surface area contributed by atoms with Crippen molar-refractivity contribution in [3.05, 3.63) is 46.7 Å². The summed E-state index contributed by atoms with van der Waals surface area (Å²) in [5.74, 6) is -5.21. The standard InChI is InChI=1S/C23H26F3NO6/c1-12-16(19(28)31-6)18(14-9-7-8-10-15(14)23(24,25)26)17(13(2)27-12)20(29)32-11-33-21(30)22(3,4)5/h7-10,16,18H,11H2,1-6H3. The normalized spacial score (nSPS) is 19.0. The lowest BCUT2D eigenvalue weighted by Crippen LogP contribution is -2.37. The van der Waals surface area contributed by atoms with Crippen molar-refractivity contribution >= 4 is 23.6 Å². The molecule has 0 aromatic heterocycles. The Morgan fingerprint density at radius 3 is 2.18 bits per heavy atom. The number of rotatable bonds is 5. The molecule has 1 aromatic carbocycles. The Morgan fingerprint density at radius 2 is 1.64 bits per heavy atom. The van der Waals surface area contributed by atoms with Gasteiger partial charge >= 0.3 is 24.1 Å². The van der Waals surface area contributed by atoms with Gasteiger partial charge in [-0.15, -0.1) is 0 Å². The van der Waals surface area contributed by atoms with Crippen molar-refractivity contribution in [1.82, 2.24) is 0 Å². The third kappa shape index (κ3) is 5.80. The molecule has 0 saturated carbocycles. The van der Waals surface area contributed by atoms with E-state index in [0.29, 0.717) is 0 Å². The van der Waals surface area contributed by atoms with Gasteiger partial charge < -0.3 is 14.2 Å². The van der Waals surface area contributed by atoms with Crippen LogP contribution in [-0.2, 0) is 34.8 Å². The van der Waals surface area contributed by atoms with E-state index in [1.807, 2.05) is 0 Å². The molecule has 0 fully saturated rings. The second-order valence-corrected chi connectivity index (χ2v) is 8.55. The number of carbonyl (C=O) groups is 3. The number of carbonyl (C=O) groups excluding carboxylic acids is 3. The van der Waals surface area contributed by atoms with Gasteiger partial charge in [0.1, 0.15) is 5.92 Å². The van der Waals surface area contributed by atoms with Crippen LogP contribution in [-0.4, -0.2) is 37.5 Å². The SMILES string of the molecule is COC(=O)C1C(C)=NC(C)=C(C(=O)OCOC(=O)C(C)(C)C)C1c1ccccc1C(F)(F)F. The third-order valence-electron chi connectivity index (χ3n) is 5.10. The average Bonchev–Trinajstić information content (AvgIpc) is 2.71. The molecule has 1 aliphatic rings. The molecule has 0 N–H and O–H groups in total. The predicted molar refractivity (Wildman–Crippen MR) is 112 cm³/mol. The van der Waals surface area contributed by atoms with Crippen LogP contribution in [0.15, 0.2) is 40.5 Å². The van der Waals surface area contributed by atoms with Gasteiger partial charge in [-0.2, -0.15) is 13.2 Å². The van der Waals surface area contributed by atoms with Gasteiger partial charge in [-0.1, -0.05) is 18.2 Å². The fourth-order valence-electron chi connectivity index (χ4n) is 3.53. The van der Waals surface area contributed by atoms with E-state index < -0.39 is 53.7 Å². The van der Waals surface area contributed by atoms with Gasteiger partial charge in [-0.25, -0.2) is 4.79 Å². The summed E-state index contributed by atoms with van der Waals surface area (Å²) in [5.41, 5.74) is -2.13. The summed E-state index contributed by atoms with van der Waals surface area (Å²) < 4.78 is 56.2. The van der Waals surface area contributed by atoms with Crippen LogP contribution < -0.4 is 0 Å². The van der Waals surface area contributed by atoms with Crippen LogP contribution in [0.5, 0.6) is 0 Å². The van der Waals surface area contributed by atoms with Gasteiger partial charge in [0.2, 0.25) is 6.79 Å². The number of methoxy groups -OCH3 is 1. The number of nitrogens with zero attached hydrogens (tertiary/aromatic N) is 1. The van der Waals surface area contributed by atoms with Crippen LogP contribution in [0.1, 0.15) is 51.7 Å². The quantitative estimate of drug-likeness (QED) is 0.469. The van der Waals surface area contributed by atoms with E-state index in [4.69, 9.17) is 14.2 Å². The number of alkyl halides is 3. The molecule has 2 unspecified atom stereocenters. The van der Waals surface area contributed by atoms with E-state index in [0.717, 1.165) is 13.2 Å². The lowest BCUT2D eigenvalue weighted by atomic mass is 9.74. The minimum Gasteiger partial charge on any atom is -0.468 e. The van der Waals surface area contributed by atoms with Gasteiger partial charge in [0.15, 0.2) is 0 Å². The van der Waals surface area contributed by atoms with Crippen LogP contribution >= 0.6 is 0 Å². The zero-order chi connectivity index (χ0) is 25.1.